The number of hydrogen-bond donors (Lipinski definition) is 2. The number of likely N-dealkylation sites (tertiary alicyclic amines) is 1. The lowest BCUT2D eigenvalue weighted by molar-refractivity contribution is -0.926. The van der Waals surface area contributed by atoms with E-state index in [0.717, 1.165) is 19.2 Å². The first-order chi connectivity index (χ1) is 10.2. The number of sulfonamides is 1. The molecule has 0 bridgehead atoms. The van der Waals surface area contributed by atoms with E-state index in [2.05, 4.69) is 34.5 Å². The summed E-state index contributed by atoms with van der Waals surface area (Å²) in [7, 11) is -4.02. The summed E-state index contributed by atoms with van der Waals surface area (Å²) >= 11 is 2.92. The quantitative estimate of drug-likeness (QED) is 0.807. The van der Waals surface area contributed by atoms with Crippen molar-refractivity contribution in [3.05, 3.63) is 28.2 Å². The molecule has 1 aromatic rings. The molecule has 4 nitrogen and oxygen atoms in total. The molecule has 0 aliphatic carbocycles. The van der Waals surface area contributed by atoms with E-state index in [1.54, 1.807) is 0 Å². The smallest absolute Gasteiger partial charge is 0.244 e. The highest BCUT2D eigenvalue weighted by Gasteiger charge is 2.30. The molecule has 1 aliphatic heterocycles. The minimum Gasteiger partial charge on any atom is -0.333 e. The van der Waals surface area contributed by atoms with E-state index in [1.165, 1.54) is 4.90 Å². The van der Waals surface area contributed by atoms with Gasteiger partial charge < -0.3 is 4.90 Å². The van der Waals surface area contributed by atoms with Gasteiger partial charge in [0.05, 0.1) is 19.1 Å². The van der Waals surface area contributed by atoms with Gasteiger partial charge in [-0.3, -0.25) is 0 Å². The van der Waals surface area contributed by atoms with Crippen molar-refractivity contribution in [1.82, 2.24) is 4.72 Å². The molecule has 1 aliphatic rings. The predicted octanol–water partition coefficient (Wildman–Crippen LogP) is 1.46. The number of hydrogen-bond acceptors (Lipinski definition) is 2. The number of piperidine rings is 1. The Labute approximate surface area is 138 Å². The van der Waals surface area contributed by atoms with Crippen LogP contribution in [0.25, 0.3) is 0 Å². The zero-order valence-electron chi connectivity index (χ0n) is 12.5. The predicted molar refractivity (Wildman–Crippen MR) is 83.2 cm³/mol. The van der Waals surface area contributed by atoms with Crippen LogP contribution in [-0.4, -0.2) is 33.6 Å². The molecule has 0 unspecified atom stereocenters. The lowest BCUT2D eigenvalue weighted by Crippen LogP contribution is -3.16. The third-order valence-electron chi connectivity index (χ3n) is 4.00. The van der Waals surface area contributed by atoms with Crippen LogP contribution in [0.2, 0.25) is 0 Å². The van der Waals surface area contributed by atoms with E-state index in [0.29, 0.717) is 24.9 Å². The Kier molecular flexibility index (Phi) is 5.58. The third kappa shape index (κ3) is 4.04. The number of benzene rings is 1. The average molecular weight is 398 g/mol. The van der Waals surface area contributed by atoms with E-state index in [-0.39, 0.29) is 10.5 Å². The van der Waals surface area contributed by atoms with Crippen LogP contribution in [0.3, 0.4) is 0 Å². The zero-order chi connectivity index (χ0) is 16.5. The maximum atomic E-state index is 13.8. The van der Waals surface area contributed by atoms with Crippen LogP contribution in [0.5, 0.6) is 0 Å². The normalized spacial score (nSPS) is 23.0. The summed E-state index contributed by atoms with van der Waals surface area (Å²) in [5.74, 6) is -1.92. The standard InChI is InChI=1S/C14H19BrF2N2O2S/c1-9(2)19-5-3-11(4-6-19)18-22(20,21)14-12(15)7-10(16)8-13(14)17/h7-9,11,18H,3-6H2,1-2H3/p+1. The van der Waals surface area contributed by atoms with Gasteiger partial charge in [-0.05, 0) is 35.8 Å². The maximum absolute atomic E-state index is 13.8. The molecule has 0 aromatic heterocycles. The maximum Gasteiger partial charge on any atom is 0.244 e. The Morgan fingerprint density at radius 2 is 1.86 bits per heavy atom. The third-order valence-corrected chi connectivity index (χ3v) is 6.48. The van der Waals surface area contributed by atoms with Crippen molar-refractivity contribution in [3.63, 3.8) is 0 Å². The molecular weight excluding hydrogens is 378 g/mol. The molecule has 8 heteroatoms. The van der Waals surface area contributed by atoms with Gasteiger partial charge in [0.1, 0.15) is 16.5 Å². The van der Waals surface area contributed by atoms with Gasteiger partial charge in [-0.1, -0.05) is 0 Å². The number of halogens is 3. The summed E-state index contributed by atoms with van der Waals surface area (Å²) in [6.07, 6.45) is 1.40. The van der Waals surface area contributed by atoms with E-state index < -0.39 is 26.6 Å². The zero-order valence-corrected chi connectivity index (χ0v) is 14.9. The molecule has 22 heavy (non-hydrogen) atoms. The highest BCUT2D eigenvalue weighted by molar-refractivity contribution is 9.10. The first-order valence-corrected chi connectivity index (χ1v) is 9.50. The molecule has 0 spiro atoms. The Hall–Kier alpha value is -0.570. The molecule has 0 atom stereocenters. The van der Waals surface area contributed by atoms with E-state index in [9.17, 15) is 17.2 Å². The first-order valence-electron chi connectivity index (χ1n) is 7.22. The van der Waals surface area contributed by atoms with Crippen molar-refractivity contribution in [2.24, 2.45) is 0 Å². The van der Waals surface area contributed by atoms with Gasteiger partial charge >= 0.3 is 0 Å². The van der Waals surface area contributed by atoms with Gasteiger partial charge in [0.2, 0.25) is 10.0 Å². The molecule has 124 valence electrons. The van der Waals surface area contributed by atoms with Gasteiger partial charge in [-0.25, -0.2) is 21.9 Å². The molecule has 1 saturated heterocycles. The van der Waals surface area contributed by atoms with Gasteiger partial charge in [0, 0.05) is 29.4 Å². The van der Waals surface area contributed by atoms with Crippen LogP contribution in [0, 0.1) is 11.6 Å². The topological polar surface area (TPSA) is 50.6 Å². The van der Waals surface area contributed by atoms with Crippen LogP contribution >= 0.6 is 15.9 Å². The van der Waals surface area contributed by atoms with Crippen LogP contribution in [0.15, 0.2) is 21.5 Å². The molecule has 2 N–H and O–H groups in total. The molecule has 1 heterocycles. The average Bonchev–Trinajstić information content (AvgIpc) is 2.36. The minimum absolute atomic E-state index is 0.109. The Bertz CT molecular complexity index is 621. The second-order valence-corrected chi connectivity index (χ2v) is 8.41. The molecule has 0 saturated carbocycles. The summed E-state index contributed by atoms with van der Waals surface area (Å²) in [6.45, 7) is 6.01. The van der Waals surface area contributed by atoms with Crippen molar-refractivity contribution in [1.29, 1.82) is 0 Å². The molecule has 0 radical (unpaired) electrons. The van der Waals surface area contributed by atoms with Crippen LogP contribution in [-0.2, 0) is 10.0 Å². The van der Waals surface area contributed by atoms with Crippen molar-refractivity contribution in [2.45, 2.75) is 43.7 Å². The van der Waals surface area contributed by atoms with Gasteiger partial charge in [-0.15, -0.1) is 0 Å². The first kappa shape index (κ1) is 17.8. The monoisotopic (exact) mass is 397 g/mol. The van der Waals surface area contributed by atoms with E-state index in [4.69, 9.17) is 0 Å². The fraction of sp³-hybridized carbons (Fsp3) is 0.571. The molecule has 0 amide bonds. The number of rotatable bonds is 4. The van der Waals surface area contributed by atoms with Crippen molar-refractivity contribution in [3.8, 4) is 0 Å². The summed E-state index contributed by atoms with van der Waals surface area (Å²) in [6, 6.07) is 1.80. The SMILES string of the molecule is CC(C)[NH+]1CCC(NS(=O)(=O)c2c(F)cc(F)cc2Br)CC1. The van der Waals surface area contributed by atoms with Crippen LogP contribution in [0.1, 0.15) is 26.7 Å². The highest BCUT2D eigenvalue weighted by atomic mass is 79.9. The number of nitrogens with one attached hydrogen (secondary N) is 2. The second-order valence-electron chi connectivity index (χ2n) is 5.91. The van der Waals surface area contributed by atoms with E-state index >= 15 is 0 Å². The second kappa shape index (κ2) is 6.90. The van der Waals surface area contributed by atoms with Gasteiger partial charge in [-0.2, -0.15) is 0 Å². The fourth-order valence-electron chi connectivity index (χ4n) is 2.75. The summed E-state index contributed by atoms with van der Waals surface area (Å²) < 4.78 is 54.1. The highest BCUT2D eigenvalue weighted by Crippen LogP contribution is 2.26. The van der Waals surface area contributed by atoms with Crippen LogP contribution in [0.4, 0.5) is 8.78 Å². The van der Waals surface area contributed by atoms with Crippen molar-refractivity contribution in [2.75, 3.05) is 13.1 Å². The summed E-state index contributed by atoms with van der Waals surface area (Å²) in [5, 5.41) is 0. The van der Waals surface area contributed by atoms with Gasteiger partial charge in [0.25, 0.3) is 0 Å². The van der Waals surface area contributed by atoms with Gasteiger partial charge in [0.15, 0.2) is 0 Å². The van der Waals surface area contributed by atoms with Crippen LogP contribution < -0.4 is 9.62 Å². The molecular formula is C14H20BrF2N2O2S+. The summed E-state index contributed by atoms with van der Waals surface area (Å²) in [4.78, 5) is 0.900. The number of quaternary nitrogens is 1. The van der Waals surface area contributed by atoms with Crippen molar-refractivity contribution < 1.29 is 22.1 Å². The lowest BCUT2D eigenvalue weighted by Gasteiger charge is -2.32. The lowest BCUT2D eigenvalue weighted by atomic mass is 10.1. The summed E-state index contributed by atoms with van der Waals surface area (Å²) in [5.41, 5.74) is 0. The fourth-order valence-corrected chi connectivity index (χ4v) is 5.22. The Morgan fingerprint density at radius 1 is 1.27 bits per heavy atom. The Morgan fingerprint density at radius 3 is 2.36 bits per heavy atom. The van der Waals surface area contributed by atoms with E-state index in [1.807, 2.05) is 0 Å². The van der Waals surface area contributed by atoms with Crippen molar-refractivity contribution >= 4 is 26.0 Å². The molecule has 2 rings (SSSR count). The minimum atomic E-state index is -4.02. The molecule has 1 aromatic carbocycles. The molecule has 1 fully saturated rings. The Balaban J connectivity index is 2.13. The largest absolute Gasteiger partial charge is 0.333 e.